The number of phenolic OH excluding ortho intramolecular Hbond substituents is 2. The Balaban J connectivity index is 0.797. The van der Waals surface area contributed by atoms with Crippen LogP contribution in [-0.2, 0) is 55.9 Å². The molecule has 5 aromatic carbocycles. The van der Waals surface area contributed by atoms with Crippen molar-refractivity contribution in [1.29, 1.82) is 0 Å². The van der Waals surface area contributed by atoms with Crippen LogP contribution in [0, 0.1) is 11.8 Å². The molecular weight excluding hydrogens is 1130 g/mol. The Morgan fingerprint density at radius 3 is 2.17 bits per heavy atom. The molecule has 460 valence electrons. The van der Waals surface area contributed by atoms with Crippen molar-refractivity contribution in [1.82, 2.24) is 10.6 Å². The van der Waals surface area contributed by atoms with Gasteiger partial charge in [0.25, 0.3) is 0 Å². The highest BCUT2D eigenvalue weighted by Gasteiger charge is 2.51. The zero-order valence-corrected chi connectivity index (χ0v) is 48.4. The third-order valence-electron chi connectivity index (χ3n) is 16.4. The minimum Gasteiger partial charge on any atom is -0.507 e. The van der Waals surface area contributed by atoms with E-state index in [2.05, 4.69) is 40.2 Å². The number of urea groups is 1. The number of ether oxygens (including phenoxy) is 6. The van der Waals surface area contributed by atoms with Crippen LogP contribution in [0.4, 0.5) is 15.3 Å². The highest BCUT2D eigenvalue weighted by molar-refractivity contribution is 6.31. The zero-order chi connectivity index (χ0) is 62.4. The first-order valence-corrected chi connectivity index (χ1v) is 28.7. The molecular formula is C64H70N4O19. The molecule has 23 heteroatoms. The van der Waals surface area contributed by atoms with Gasteiger partial charge in [-0.05, 0) is 71.7 Å². The summed E-state index contributed by atoms with van der Waals surface area (Å²) in [6, 6.07) is 25.1. The van der Waals surface area contributed by atoms with Crippen molar-refractivity contribution < 1.29 is 92.3 Å². The number of rotatable bonds is 24. The third-order valence-corrected chi connectivity index (χ3v) is 16.4. The quantitative estimate of drug-likeness (QED) is 0.0199. The van der Waals surface area contributed by atoms with E-state index in [1.165, 1.54) is 32.2 Å². The lowest BCUT2D eigenvalue weighted by molar-refractivity contribution is -0.267. The summed E-state index contributed by atoms with van der Waals surface area (Å²) >= 11 is 0. The maximum Gasteiger partial charge on any atom is 0.508 e. The lowest BCUT2D eigenvalue weighted by Gasteiger charge is -2.42. The first-order valence-electron chi connectivity index (χ1n) is 28.7. The summed E-state index contributed by atoms with van der Waals surface area (Å²) in [6.07, 6.45) is -9.62. The topological polar surface area (TPSA) is 355 Å². The van der Waals surface area contributed by atoms with Crippen LogP contribution in [0.15, 0.2) is 91.0 Å². The molecule has 0 saturated carbocycles. The number of aliphatic hydroxyl groups is 3. The summed E-state index contributed by atoms with van der Waals surface area (Å²) in [5.74, 6) is -6.84. The second kappa shape index (κ2) is 27.0. The second-order valence-electron chi connectivity index (χ2n) is 22.5. The van der Waals surface area contributed by atoms with Gasteiger partial charge in [0, 0.05) is 72.9 Å². The second-order valence-corrected chi connectivity index (χ2v) is 22.5. The number of phenols is 2. The largest absolute Gasteiger partial charge is 0.508 e. The number of benzene rings is 5. The molecule has 1 fully saturated rings. The molecule has 1 heterocycles. The monoisotopic (exact) mass is 1200 g/mol. The first kappa shape index (κ1) is 62.9. The molecule has 0 spiro atoms. The van der Waals surface area contributed by atoms with Crippen LogP contribution in [0.5, 0.6) is 17.2 Å². The number of ketones is 4. The van der Waals surface area contributed by atoms with Crippen molar-refractivity contribution in [2.75, 3.05) is 38.8 Å². The van der Waals surface area contributed by atoms with Crippen LogP contribution < -0.4 is 26.4 Å². The molecule has 5 aromatic rings. The number of nitrogens with two attached hydrogens (primary N) is 1. The Morgan fingerprint density at radius 2 is 1.52 bits per heavy atom. The number of hydrogen-bond acceptors (Lipinski definition) is 19. The molecule has 4 aliphatic rings. The van der Waals surface area contributed by atoms with Gasteiger partial charge in [-0.3, -0.25) is 28.8 Å². The van der Waals surface area contributed by atoms with Gasteiger partial charge in [0.05, 0.1) is 55.3 Å². The maximum absolute atomic E-state index is 14.1. The van der Waals surface area contributed by atoms with Crippen molar-refractivity contribution >= 4 is 52.8 Å². The molecule has 3 aliphatic carbocycles. The lowest BCUT2D eigenvalue weighted by atomic mass is 9.72. The smallest absolute Gasteiger partial charge is 0.507 e. The molecule has 0 aromatic heterocycles. The summed E-state index contributed by atoms with van der Waals surface area (Å²) in [5.41, 5.74) is 6.19. The lowest BCUT2D eigenvalue weighted by Crippen LogP contribution is -2.51. The van der Waals surface area contributed by atoms with E-state index in [9.17, 15) is 63.9 Å². The Kier molecular flexibility index (Phi) is 19.5. The number of methoxy groups -OCH3 is 1. The van der Waals surface area contributed by atoms with E-state index >= 15 is 0 Å². The summed E-state index contributed by atoms with van der Waals surface area (Å²) in [6.45, 7) is 4.18. The van der Waals surface area contributed by atoms with Gasteiger partial charge in [-0.1, -0.05) is 86.6 Å². The summed E-state index contributed by atoms with van der Waals surface area (Å²) < 4.78 is 34.5. The molecule has 9 rings (SSSR count). The van der Waals surface area contributed by atoms with Crippen LogP contribution in [0.1, 0.15) is 131 Å². The number of primary amides is 1. The predicted octanol–water partition coefficient (Wildman–Crippen LogP) is 5.72. The molecule has 7 unspecified atom stereocenters. The maximum atomic E-state index is 14.1. The van der Waals surface area contributed by atoms with E-state index in [0.29, 0.717) is 24.3 Å². The predicted molar refractivity (Wildman–Crippen MR) is 310 cm³/mol. The third kappa shape index (κ3) is 13.5. The van der Waals surface area contributed by atoms with E-state index in [1.807, 2.05) is 24.3 Å². The van der Waals surface area contributed by atoms with E-state index < -0.39 is 132 Å². The number of amides is 4. The fourth-order valence-electron chi connectivity index (χ4n) is 11.9. The molecule has 8 atom stereocenters. The normalized spacial score (nSPS) is 20.8. The fraction of sp³-hybridized carbons (Fsp3) is 0.406. The number of anilines is 1. The van der Waals surface area contributed by atoms with Crippen LogP contribution in [0.2, 0.25) is 0 Å². The van der Waals surface area contributed by atoms with Gasteiger partial charge in [0.2, 0.25) is 17.6 Å². The van der Waals surface area contributed by atoms with Gasteiger partial charge in [-0.25, -0.2) is 9.59 Å². The van der Waals surface area contributed by atoms with Gasteiger partial charge in [0.15, 0.2) is 23.6 Å². The average Bonchev–Trinajstić information content (AvgIpc) is 1.32. The van der Waals surface area contributed by atoms with E-state index in [4.69, 9.17) is 34.2 Å². The number of aromatic hydroxyl groups is 2. The first-order chi connectivity index (χ1) is 41.6. The molecule has 0 radical (unpaired) electrons. The zero-order valence-electron chi connectivity index (χ0n) is 48.4. The highest BCUT2D eigenvalue weighted by Crippen LogP contribution is 2.53. The van der Waals surface area contributed by atoms with Gasteiger partial charge < -0.3 is 75.6 Å². The van der Waals surface area contributed by atoms with Gasteiger partial charge in [0.1, 0.15) is 48.3 Å². The minimum atomic E-state index is -2.43. The van der Waals surface area contributed by atoms with Crippen molar-refractivity contribution in [3.8, 4) is 28.4 Å². The number of carbonyl (C=O) groups excluding carboxylic acids is 8. The molecule has 1 saturated heterocycles. The minimum absolute atomic E-state index is 0.00425. The summed E-state index contributed by atoms with van der Waals surface area (Å²) in [7, 11) is 1.28. The van der Waals surface area contributed by atoms with Crippen LogP contribution in [0.3, 0.4) is 0 Å². The van der Waals surface area contributed by atoms with Crippen molar-refractivity contribution in [2.45, 2.75) is 121 Å². The number of carbonyl (C=O) groups is 8. The number of Topliss-reactive ketones (excluding diaryl/α,β-unsaturated/α-hetero) is 2. The molecule has 10 N–H and O–H groups in total. The van der Waals surface area contributed by atoms with E-state index in [-0.39, 0.29) is 90.6 Å². The number of nitrogens with one attached hydrogen (secondary N) is 3. The van der Waals surface area contributed by atoms with Crippen LogP contribution in [-0.4, -0.2) is 142 Å². The van der Waals surface area contributed by atoms with Gasteiger partial charge >= 0.3 is 12.2 Å². The Morgan fingerprint density at radius 1 is 0.851 bits per heavy atom. The van der Waals surface area contributed by atoms with E-state index in [0.717, 1.165) is 22.3 Å². The molecule has 0 bridgehead atoms. The Hall–Kier alpha value is -8.58. The highest BCUT2D eigenvalue weighted by atomic mass is 16.7. The van der Waals surface area contributed by atoms with E-state index in [1.54, 1.807) is 38.1 Å². The van der Waals surface area contributed by atoms with Crippen molar-refractivity contribution in [3.63, 3.8) is 0 Å². The summed E-state index contributed by atoms with van der Waals surface area (Å²) in [4.78, 5) is 107. The van der Waals surface area contributed by atoms with Crippen molar-refractivity contribution in [2.24, 2.45) is 17.6 Å². The SMILES string of the molecule is COc1cccc2c1C(=O)c1c(O)c3c(c(O)c1C2=O)C[C@@](O)(C(=O)CO)CC3OC1CC(OC(=O)OCc2ccc(NC(=O)C(CCCNC(N)=O)CC(=O)C(NC(=O)CCOCC3c4ccccc4-c4ccccc43)C(C)C)cc2)C(O)C(C)O1. The average molecular weight is 1200 g/mol. The van der Waals surface area contributed by atoms with Crippen LogP contribution in [0.25, 0.3) is 11.1 Å². The molecule has 87 heavy (non-hydrogen) atoms. The van der Waals surface area contributed by atoms with Gasteiger partial charge in [-0.2, -0.15) is 0 Å². The standard InChI is InChI=1S/C64H70N4O19/c1-32(2)55(68-49(72)22-24-83-31-43-39-14-7-5-12-37(39)38-13-6-8-15-40(38)43)44(70)25-35(11-10-23-66-62(65)79)61(78)67-36-20-18-34(19-21-36)30-84-63(80)87-46-26-50(85-33(3)56(46)73)86-47-28-64(81,48(71)29-69)27-42-52(47)60(77)54-53(58(42)75)57(74)41-16-9-17-45(82-4)51(41)59(54)76/h5-9,12-21,32-33,35,43,46-47,50,55-56,69,73,75,77,81H,10-11,22-31H2,1-4H3,(H,67,78)(H,68,72)(H3,65,66,79)/t33?,35?,46?,47?,50?,55?,56?,64-/m0/s1. The molecule has 1 aliphatic heterocycles. The molecule has 23 nitrogen and oxygen atoms in total. The van der Waals surface area contributed by atoms with Gasteiger partial charge in [-0.15, -0.1) is 0 Å². The summed E-state index contributed by atoms with van der Waals surface area (Å²) in [5, 5.41) is 64.4. The number of hydrogen-bond donors (Lipinski definition) is 9. The fourth-order valence-corrected chi connectivity index (χ4v) is 11.9. The van der Waals surface area contributed by atoms with Crippen LogP contribution >= 0.6 is 0 Å². The number of aliphatic hydroxyl groups excluding tert-OH is 2. The Bertz CT molecular complexity index is 3430. The Labute approximate surface area is 500 Å². The van der Waals surface area contributed by atoms with Crippen molar-refractivity contribution in [3.05, 3.63) is 141 Å². The molecule has 4 amide bonds. The number of fused-ring (bicyclic) bond motifs is 6.